The standard InChI is InChI=1S/C21H18N4O3S/c1-13-16(21(26)27)9-19(25(13)11-14-3-5-15(28-2)6-4-14)18-12-29-20(24-18)17-10-22-7-8-23-17/h3-10,12H,11H2,1-2H3,(H,26,27). The van der Waals surface area contributed by atoms with Crippen molar-refractivity contribution in [1.29, 1.82) is 0 Å². The molecule has 1 aromatic carbocycles. The lowest BCUT2D eigenvalue weighted by Crippen LogP contribution is -2.06. The second-order valence-corrected chi connectivity index (χ2v) is 7.25. The number of benzene rings is 1. The van der Waals surface area contributed by atoms with Gasteiger partial charge in [-0.05, 0) is 30.7 Å². The Morgan fingerprint density at radius 2 is 2.00 bits per heavy atom. The van der Waals surface area contributed by atoms with Gasteiger partial charge < -0.3 is 14.4 Å². The molecule has 1 N–H and O–H groups in total. The van der Waals surface area contributed by atoms with Crippen molar-refractivity contribution in [2.45, 2.75) is 13.5 Å². The van der Waals surface area contributed by atoms with E-state index in [1.807, 2.05) is 41.1 Å². The van der Waals surface area contributed by atoms with Crippen LogP contribution in [-0.2, 0) is 6.54 Å². The van der Waals surface area contributed by atoms with Crippen molar-refractivity contribution in [3.8, 4) is 27.8 Å². The van der Waals surface area contributed by atoms with Gasteiger partial charge in [0.05, 0.1) is 30.3 Å². The van der Waals surface area contributed by atoms with Crippen LogP contribution in [0.25, 0.3) is 22.1 Å². The molecule has 3 heterocycles. The van der Waals surface area contributed by atoms with E-state index >= 15 is 0 Å². The van der Waals surface area contributed by atoms with Gasteiger partial charge in [0, 0.05) is 30.0 Å². The SMILES string of the molecule is COc1ccc(Cn2c(-c3csc(-c4cnccn4)n3)cc(C(=O)O)c2C)cc1. The number of aromatic carboxylic acids is 1. The van der Waals surface area contributed by atoms with Gasteiger partial charge in [-0.3, -0.25) is 9.97 Å². The van der Waals surface area contributed by atoms with Crippen LogP contribution in [0.3, 0.4) is 0 Å². The number of thiazole rings is 1. The summed E-state index contributed by atoms with van der Waals surface area (Å²) in [5.74, 6) is -0.181. The fourth-order valence-corrected chi connectivity index (χ4v) is 3.88. The number of carbonyl (C=O) groups is 1. The molecule has 29 heavy (non-hydrogen) atoms. The Labute approximate surface area is 171 Å². The zero-order valence-electron chi connectivity index (χ0n) is 15.9. The third-order valence-corrected chi connectivity index (χ3v) is 5.51. The molecule has 0 aliphatic rings. The monoisotopic (exact) mass is 406 g/mol. The van der Waals surface area contributed by atoms with Gasteiger partial charge in [-0.2, -0.15) is 0 Å². The molecule has 0 amide bonds. The van der Waals surface area contributed by atoms with Crippen LogP contribution >= 0.6 is 11.3 Å². The Bertz CT molecular complexity index is 1150. The van der Waals surface area contributed by atoms with Crippen molar-refractivity contribution >= 4 is 17.3 Å². The van der Waals surface area contributed by atoms with Crippen LogP contribution in [0.1, 0.15) is 21.6 Å². The topological polar surface area (TPSA) is 90.1 Å². The van der Waals surface area contributed by atoms with Gasteiger partial charge in [0.25, 0.3) is 0 Å². The molecule has 0 aliphatic carbocycles. The smallest absolute Gasteiger partial charge is 0.337 e. The zero-order valence-corrected chi connectivity index (χ0v) is 16.7. The predicted molar refractivity (Wildman–Crippen MR) is 110 cm³/mol. The van der Waals surface area contributed by atoms with Crippen molar-refractivity contribution in [3.05, 3.63) is 71.1 Å². The fourth-order valence-electron chi connectivity index (χ4n) is 3.11. The maximum Gasteiger partial charge on any atom is 0.337 e. The summed E-state index contributed by atoms with van der Waals surface area (Å²) in [6.07, 6.45) is 4.89. The summed E-state index contributed by atoms with van der Waals surface area (Å²) in [6.45, 7) is 2.34. The maximum atomic E-state index is 11.7. The molecular weight excluding hydrogens is 388 g/mol. The van der Waals surface area contributed by atoms with Crippen LogP contribution in [0.4, 0.5) is 0 Å². The summed E-state index contributed by atoms with van der Waals surface area (Å²) in [5, 5.41) is 12.2. The number of hydrogen-bond acceptors (Lipinski definition) is 6. The van der Waals surface area contributed by atoms with Crippen molar-refractivity contribution in [2.75, 3.05) is 7.11 Å². The van der Waals surface area contributed by atoms with E-state index in [-0.39, 0.29) is 5.56 Å². The van der Waals surface area contributed by atoms with Crippen LogP contribution in [0, 0.1) is 6.92 Å². The number of ether oxygens (including phenoxy) is 1. The van der Waals surface area contributed by atoms with E-state index in [1.165, 1.54) is 11.3 Å². The molecule has 0 saturated heterocycles. The van der Waals surface area contributed by atoms with Crippen LogP contribution in [0.5, 0.6) is 5.75 Å². The average Bonchev–Trinajstić information content (AvgIpc) is 3.35. The highest BCUT2D eigenvalue weighted by Gasteiger charge is 2.20. The molecule has 0 radical (unpaired) electrons. The first-order valence-corrected chi connectivity index (χ1v) is 9.73. The quantitative estimate of drug-likeness (QED) is 0.518. The van der Waals surface area contributed by atoms with E-state index < -0.39 is 5.97 Å². The lowest BCUT2D eigenvalue weighted by molar-refractivity contribution is 0.0696. The molecule has 0 spiro atoms. The minimum absolute atomic E-state index is 0.266. The minimum atomic E-state index is -0.957. The van der Waals surface area contributed by atoms with Gasteiger partial charge in [-0.25, -0.2) is 9.78 Å². The third kappa shape index (κ3) is 3.74. The number of methoxy groups -OCH3 is 1. The van der Waals surface area contributed by atoms with E-state index in [2.05, 4.69) is 15.0 Å². The van der Waals surface area contributed by atoms with E-state index in [4.69, 9.17) is 4.74 Å². The lowest BCUT2D eigenvalue weighted by Gasteiger charge is -2.11. The van der Waals surface area contributed by atoms with Crippen LogP contribution in [0.2, 0.25) is 0 Å². The van der Waals surface area contributed by atoms with Gasteiger partial charge in [-0.15, -0.1) is 11.3 Å². The average molecular weight is 406 g/mol. The van der Waals surface area contributed by atoms with E-state index in [0.29, 0.717) is 23.6 Å². The number of nitrogens with zero attached hydrogens (tertiary/aromatic N) is 4. The molecule has 0 fully saturated rings. The summed E-state index contributed by atoms with van der Waals surface area (Å²) in [6, 6.07) is 9.39. The maximum absolute atomic E-state index is 11.7. The molecule has 0 atom stereocenters. The summed E-state index contributed by atoms with van der Waals surface area (Å²) < 4.78 is 7.19. The summed E-state index contributed by atoms with van der Waals surface area (Å²) in [7, 11) is 1.62. The predicted octanol–water partition coefficient (Wildman–Crippen LogP) is 4.13. The lowest BCUT2D eigenvalue weighted by atomic mass is 10.2. The molecule has 0 saturated carbocycles. The molecule has 4 rings (SSSR count). The first-order chi connectivity index (χ1) is 14.1. The van der Waals surface area contributed by atoms with Gasteiger partial charge in [0.2, 0.25) is 0 Å². The van der Waals surface area contributed by atoms with Gasteiger partial charge in [0.1, 0.15) is 16.5 Å². The second-order valence-electron chi connectivity index (χ2n) is 6.40. The molecule has 0 unspecified atom stereocenters. The molecule has 0 bridgehead atoms. The molecule has 7 nitrogen and oxygen atoms in total. The Kier molecular flexibility index (Phi) is 5.09. The Morgan fingerprint density at radius 1 is 1.21 bits per heavy atom. The molecule has 146 valence electrons. The van der Waals surface area contributed by atoms with Crippen molar-refractivity contribution < 1.29 is 14.6 Å². The van der Waals surface area contributed by atoms with E-state index in [1.54, 1.807) is 31.8 Å². The summed E-state index contributed by atoms with van der Waals surface area (Å²) in [5.41, 5.74) is 4.13. The summed E-state index contributed by atoms with van der Waals surface area (Å²) >= 11 is 1.45. The number of hydrogen-bond donors (Lipinski definition) is 1. The Morgan fingerprint density at radius 3 is 2.66 bits per heavy atom. The van der Waals surface area contributed by atoms with Crippen molar-refractivity contribution in [3.63, 3.8) is 0 Å². The number of rotatable bonds is 6. The highest BCUT2D eigenvalue weighted by molar-refractivity contribution is 7.13. The van der Waals surface area contributed by atoms with Crippen LogP contribution < -0.4 is 4.74 Å². The van der Waals surface area contributed by atoms with Crippen LogP contribution in [0.15, 0.2) is 54.3 Å². The first kappa shape index (κ1) is 18.8. The molecule has 3 aromatic heterocycles. The number of aromatic nitrogens is 4. The largest absolute Gasteiger partial charge is 0.497 e. The number of carboxylic acid groups (broad SMARTS) is 1. The van der Waals surface area contributed by atoms with Gasteiger partial charge in [-0.1, -0.05) is 12.1 Å². The van der Waals surface area contributed by atoms with Gasteiger partial charge in [0.15, 0.2) is 0 Å². The molecule has 8 heteroatoms. The zero-order chi connectivity index (χ0) is 20.4. The first-order valence-electron chi connectivity index (χ1n) is 8.85. The van der Waals surface area contributed by atoms with Crippen LogP contribution in [-0.4, -0.2) is 37.7 Å². The third-order valence-electron chi connectivity index (χ3n) is 4.65. The summed E-state index contributed by atoms with van der Waals surface area (Å²) in [4.78, 5) is 24.8. The molecule has 4 aromatic rings. The normalized spacial score (nSPS) is 10.8. The van der Waals surface area contributed by atoms with E-state index in [0.717, 1.165) is 22.0 Å². The second kappa shape index (κ2) is 7.84. The van der Waals surface area contributed by atoms with Gasteiger partial charge >= 0.3 is 5.97 Å². The van der Waals surface area contributed by atoms with E-state index in [9.17, 15) is 9.90 Å². The molecule has 0 aliphatic heterocycles. The highest BCUT2D eigenvalue weighted by atomic mass is 32.1. The minimum Gasteiger partial charge on any atom is -0.497 e. The Balaban J connectivity index is 1.75. The van der Waals surface area contributed by atoms with Crippen molar-refractivity contribution in [1.82, 2.24) is 19.5 Å². The highest BCUT2D eigenvalue weighted by Crippen LogP contribution is 2.31. The Hall–Kier alpha value is -3.52. The fraction of sp³-hybridized carbons (Fsp3) is 0.143. The number of carboxylic acids is 1. The van der Waals surface area contributed by atoms with Crippen molar-refractivity contribution in [2.24, 2.45) is 0 Å². The molecular formula is C21H18N4O3S.